The minimum absolute atomic E-state index is 0. The monoisotopic (exact) mass is 369 g/mol. The molecule has 0 bridgehead atoms. The molecule has 0 aliphatic rings. The summed E-state index contributed by atoms with van der Waals surface area (Å²) in [5.74, 6) is 0. The molecule has 0 unspecified atom stereocenters. The molecule has 41 valence electrons. The maximum Gasteiger partial charge on any atom is 0.668 e. The van der Waals surface area contributed by atoms with E-state index < -0.39 is 9.05 Å². The quantitative estimate of drug-likeness (QED) is 0.353. The Hall–Kier alpha value is 1.85. The fraction of sp³-hybridized carbons (Fsp3) is 0. The first-order valence-corrected chi connectivity index (χ1v) is 2.68. The molecule has 4 N–H and O–H groups in total. The van der Waals surface area contributed by atoms with Crippen LogP contribution in [-0.2, 0) is 53.8 Å². The summed E-state index contributed by atoms with van der Waals surface area (Å²) in [6.07, 6.45) is 0. The summed E-state index contributed by atoms with van der Waals surface area (Å²) < 4.78 is 0. The third-order valence-electron chi connectivity index (χ3n) is 0. The van der Waals surface area contributed by atoms with Gasteiger partial charge in [0, 0.05) is 53.8 Å². The molecule has 0 spiro atoms. The predicted molar refractivity (Wildman–Crippen MR) is 14.6 cm³/mol. The average molecular weight is 369 g/mol. The van der Waals surface area contributed by atoms with Crippen molar-refractivity contribution in [2.45, 2.75) is 0 Å². The normalized spacial score (nSPS) is 8.57. The average Bonchev–Trinajstić information content (AvgIpc) is 0.722. The third kappa shape index (κ3) is 78.5. The first-order chi connectivity index (χ1) is 2.00. The molecule has 4 nitrogen and oxygen atoms in total. The molecular weight excluding hydrogens is 365 g/mol. The Bertz CT molecular complexity index is 27.2. The molecule has 0 saturated carbocycles. The molecule has 0 rings (SSSR count). The second-order valence-corrected chi connectivity index (χ2v) is 1.80. The maximum atomic E-state index is 7.33. The van der Waals surface area contributed by atoms with E-state index in [1.54, 1.807) is 0 Å². The van der Waals surface area contributed by atoms with Crippen LogP contribution >= 0.6 is 0 Å². The maximum absolute atomic E-state index is 7.33. The Labute approximate surface area is 81.2 Å². The Morgan fingerprint density at radius 2 is 0.857 bits per heavy atom. The van der Waals surface area contributed by atoms with Gasteiger partial charge in [0.25, 0.3) is 0 Å². The molecule has 0 aliphatic carbocycles. The van der Waals surface area contributed by atoms with Crippen LogP contribution in [0, 0.1) is 0 Å². The van der Waals surface area contributed by atoms with Crippen molar-refractivity contribution in [2.24, 2.45) is 0 Å². The summed E-state index contributed by atoms with van der Waals surface area (Å²) in [5, 5.41) is 0. The molecule has 0 aliphatic heterocycles. The van der Waals surface area contributed by atoms with Crippen molar-refractivity contribution in [2.75, 3.05) is 0 Å². The molecular formula is H4O4SiWY. The van der Waals surface area contributed by atoms with Crippen molar-refractivity contribution in [3.8, 4) is 0 Å². The Balaban J connectivity index is -0.0000000800. The molecule has 0 aromatic carbocycles. The van der Waals surface area contributed by atoms with Crippen molar-refractivity contribution in [3.05, 3.63) is 0 Å². The van der Waals surface area contributed by atoms with Gasteiger partial charge in [0.2, 0.25) is 0 Å². The second kappa shape index (κ2) is 5.98. The van der Waals surface area contributed by atoms with Gasteiger partial charge in [-0.15, -0.1) is 0 Å². The van der Waals surface area contributed by atoms with Crippen LogP contribution in [0.15, 0.2) is 0 Å². The van der Waals surface area contributed by atoms with E-state index in [-0.39, 0.29) is 53.8 Å². The summed E-state index contributed by atoms with van der Waals surface area (Å²) in [6, 6.07) is 0. The first-order valence-electron chi connectivity index (χ1n) is 0.894. The molecule has 0 atom stereocenters. The summed E-state index contributed by atoms with van der Waals surface area (Å²) in [6.45, 7) is 0. The first kappa shape index (κ1) is 15.9. The van der Waals surface area contributed by atoms with E-state index in [1.807, 2.05) is 0 Å². The molecule has 0 amide bonds. The van der Waals surface area contributed by atoms with Gasteiger partial charge in [0.1, 0.15) is 0 Å². The molecule has 1 radical (unpaired) electrons. The van der Waals surface area contributed by atoms with E-state index in [9.17, 15) is 0 Å². The van der Waals surface area contributed by atoms with E-state index >= 15 is 0 Å². The van der Waals surface area contributed by atoms with Crippen molar-refractivity contribution in [1.29, 1.82) is 0 Å². The molecule has 0 aromatic rings. The fourth-order valence-electron chi connectivity index (χ4n) is 0. The number of hydrogen-bond acceptors (Lipinski definition) is 4. The van der Waals surface area contributed by atoms with Crippen LogP contribution < -0.4 is 0 Å². The predicted octanol–water partition coefficient (Wildman–Crippen LogP) is -2.61. The minimum Gasteiger partial charge on any atom is -0.368 e. The number of hydrogen-bond donors (Lipinski definition) is 4. The standard InChI is InChI=1S/H4O4Si.W.Y/c1-5(2,3)4;;/h1-4H;;. The van der Waals surface area contributed by atoms with Crippen LogP contribution in [-0.4, -0.2) is 28.2 Å². The van der Waals surface area contributed by atoms with Crippen molar-refractivity contribution < 1.29 is 73.0 Å². The van der Waals surface area contributed by atoms with Gasteiger partial charge in [-0.3, -0.25) is 0 Å². The van der Waals surface area contributed by atoms with Crippen molar-refractivity contribution in [1.82, 2.24) is 0 Å². The largest absolute Gasteiger partial charge is 0.668 e. The summed E-state index contributed by atoms with van der Waals surface area (Å²) in [4.78, 5) is 29.3. The zero-order chi connectivity index (χ0) is 4.50. The van der Waals surface area contributed by atoms with E-state index in [4.69, 9.17) is 19.2 Å². The van der Waals surface area contributed by atoms with E-state index in [0.29, 0.717) is 0 Å². The fourth-order valence-corrected chi connectivity index (χ4v) is 0. The van der Waals surface area contributed by atoms with Crippen LogP contribution in [0.3, 0.4) is 0 Å². The SMILES string of the molecule is O[Si](O)(O)O.[W].[Y]. The van der Waals surface area contributed by atoms with E-state index in [0.717, 1.165) is 0 Å². The Morgan fingerprint density at radius 1 is 0.857 bits per heavy atom. The third-order valence-corrected chi connectivity index (χ3v) is 0. The number of rotatable bonds is 0. The van der Waals surface area contributed by atoms with Crippen LogP contribution in [0.2, 0.25) is 0 Å². The van der Waals surface area contributed by atoms with E-state index in [2.05, 4.69) is 0 Å². The van der Waals surface area contributed by atoms with Gasteiger partial charge in [-0.1, -0.05) is 0 Å². The van der Waals surface area contributed by atoms with Crippen molar-refractivity contribution >= 4 is 9.05 Å². The van der Waals surface area contributed by atoms with Crippen LogP contribution in [0.1, 0.15) is 0 Å². The van der Waals surface area contributed by atoms with Gasteiger partial charge in [0.15, 0.2) is 0 Å². The van der Waals surface area contributed by atoms with Gasteiger partial charge in [0.05, 0.1) is 0 Å². The van der Waals surface area contributed by atoms with Gasteiger partial charge in [-0.25, -0.2) is 0 Å². The van der Waals surface area contributed by atoms with Gasteiger partial charge in [-0.05, 0) is 0 Å². The van der Waals surface area contributed by atoms with Crippen molar-refractivity contribution in [3.63, 3.8) is 0 Å². The van der Waals surface area contributed by atoms with Gasteiger partial charge in [-0.2, -0.15) is 0 Å². The minimum atomic E-state index is -4.61. The zero-order valence-corrected chi connectivity index (χ0v) is 10.0. The van der Waals surface area contributed by atoms with Gasteiger partial charge < -0.3 is 19.2 Å². The molecule has 7 heavy (non-hydrogen) atoms. The van der Waals surface area contributed by atoms with Crippen LogP contribution in [0.4, 0.5) is 0 Å². The molecule has 0 heterocycles. The summed E-state index contributed by atoms with van der Waals surface area (Å²) in [7, 11) is -4.61. The smallest absolute Gasteiger partial charge is 0.368 e. The van der Waals surface area contributed by atoms with Gasteiger partial charge >= 0.3 is 9.05 Å². The zero-order valence-electron chi connectivity index (χ0n) is 3.27. The topological polar surface area (TPSA) is 80.9 Å². The molecule has 7 heteroatoms. The van der Waals surface area contributed by atoms with Crippen LogP contribution in [0.25, 0.3) is 0 Å². The van der Waals surface area contributed by atoms with Crippen LogP contribution in [0.5, 0.6) is 0 Å². The second-order valence-electron chi connectivity index (χ2n) is 0.600. The molecule has 0 saturated heterocycles. The Morgan fingerprint density at radius 3 is 0.857 bits per heavy atom. The summed E-state index contributed by atoms with van der Waals surface area (Å²) in [5.41, 5.74) is 0. The molecule has 0 fully saturated rings. The molecule has 0 aromatic heterocycles. The van der Waals surface area contributed by atoms with E-state index in [1.165, 1.54) is 0 Å². The summed E-state index contributed by atoms with van der Waals surface area (Å²) >= 11 is 0. The Kier molecular flexibility index (Phi) is 13.6.